The van der Waals surface area contributed by atoms with Gasteiger partial charge in [-0.25, -0.2) is 0 Å². The number of likely N-dealkylation sites (N-methyl/N-ethyl adjacent to an activating group) is 1. The Bertz CT molecular complexity index is 600. The molecule has 0 radical (unpaired) electrons. The number of nitrogens with zero attached hydrogens (tertiary/aromatic N) is 3. The van der Waals surface area contributed by atoms with Gasteiger partial charge in [-0.3, -0.25) is 9.69 Å². The quantitative estimate of drug-likeness (QED) is 0.621. The maximum atomic E-state index is 11.8. The third-order valence-electron chi connectivity index (χ3n) is 3.40. The molecule has 0 saturated heterocycles. The third kappa shape index (κ3) is 6.38. The van der Waals surface area contributed by atoms with Crippen LogP contribution in [0.3, 0.4) is 0 Å². The number of aryl methyl sites for hydroxylation is 1. The van der Waals surface area contributed by atoms with E-state index < -0.39 is 0 Å². The monoisotopic (exact) mass is 352 g/mol. The van der Waals surface area contributed by atoms with Crippen molar-refractivity contribution in [3.63, 3.8) is 0 Å². The molecule has 0 aliphatic rings. The minimum absolute atomic E-state index is 0.0337. The lowest BCUT2D eigenvalue weighted by atomic mass is 10.3. The van der Waals surface area contributed by atoms with Crippen LogP contribution >= 0.6 is 11.3 Å². The minimum atomic E-state index is 0.0337. The van der Waals surface area contributed by atoms with Gasteiger partial charge in [0.15, 0.2) is 0 Å². The number of thiophene rings is 1. The number of carbonyl (C=O) groups is 1. The molecule has 2 rings (SSSR count). The van der Waals surface area contributed by atoms with Gasteiger partial charge < -0.3 is 14.6 Å². The SMILES string of the molecule is COCCCNC(=O)CN(C)CCCc1nc(-c2cccs2)no1. The zero-order valence-electron chi connectivity index (χ0n) is 14.2. The third-order valence-corrected chi connectivity index (χ3v) is 4.27. The Morgan fingerprint density at radius 3 is 3.08 bits per heavy atom. The second-order valence-corrected chi connectivity index (χ2v) is 6.47. The van der Waals surface area contributed by atoms with Gasteiger partial charge in [0.25, 0.3) is 0 Å². The molecule has 0 spiro atoms. The largest absolute Gasteiger partial charge is 0.385 e. The van der Waals surface area contributed by atoms with Crippen LogP contribution in [0.4, 0.5) is 0 Å². The van der Waals surface area contributed by atoms with E-state index in [1.165, 1.54) is 0 Å². The summed E-state index contributed by atoms with van der Waals surface area (Å²) in [4.78, 5) is 19.1. The van der Waals surface area contributed by atoms with Gasteiger partial charge >= 0.3 is 0 Å². The number of hydrogen-bond donors (Lipinski definition) is 1. The summed E-state index contributed by atoms with van der Waals surface area (Å²) in [5.41, 5.74) is 0. The number of amides is 1. The number of nitrogens with one attached hydrogen (secondary N) is 1. The van der Waals surface area contributed by atoms with Crippen molar-refractivity contribution in [2.24, 2.45) is 0 Å². The molecule has 2 aromatic heterocycles. The maximum absolute atomic E-state index is 11.8. The molecular formula is C16H24N4O3S. The molecule has 0 aliphatic heterocycles. The lowest BCUT2D eigenvalue weighted by molar-refractivity contribution is -0.122. The first-order valence-electron chi connectivity index (χ1n) is 7.99. The number of rotatable bonds is 11. The second-order valence-electron chi connectivity index (χ2n) is 5.53. The maximum Gasteiger partial charge on any atom is 0.234 e. The van der Waals surface area contributed by atoms with Crippen molar-refractivity contribution in [2.45, 2.75) is 19.3 Å². The molecule has 1 amide bonds. The number of ether oxygens (including phenoxy) is 1. The highest BCUT2D eigenvalue weighted by Crippen LogP contribution is 2.21. The summed E-state index contributed by atoms with van der Waals surface area (Å²) in [6.45, 7) is 2.49. The Balaban J connectivity index is 1.62. The fraction of sp³-hybridized carbons (Fsp3) is 0.562. The predicted octanol–water partition coefficient (Wildman–Crippen LogP) is 1.82. The average molecular weight is 352 g/mol. The Labute approximate surface area is 146 Å². The molecule has 1 N–H and O–H groups in total. The smallest absolute Gasteiger partial charge is 0.234 e. The Morgan fingerprint density at radius 2 is 2.33 bits per heavy atom. The molecule has 132 valence electrons. The van der Waals surface area contributed by atoms with Crippen LogP contribution in [0.2, 0.25) is 0 Å². The van der Waals surface area contributed by atoms with Crippen molar-refractivity contribution in [3.05, 3.63) is 23.4 Å². The lowest BCUT2D eigenvalue weighted by Gasteiger charge is -2.15. The van der Waals surface area contributed by atoms with E-state index in [1.807, 2.05) is 29.5 Å². The zero-order valence-corrected chi connectivity index (χ0v) is 15.0. The molecule has 0 fully saturated rings. The van der Waals surface area contributed by atoms with Crippen LogP contribution in [0.5, 0.6) is 0 Å². The van der Waals surface area contributed by atoms with Gasteiger partial charge in [0.05, 0.1) is 11.4 Å². The van der Waals surface area contributed by atoms with Crippen LogP contribution in [0, 0.1) is 0 Å². The van der Waals surface area contributed by atoms with Gasteiger partial charge in [0, 0.05) is 26.7 Å². The molecule has 0 saturated carbocycles. The Kier molecular flexibility index (Phi) is 7.87. The second kappa shape index (κ2) is 10.2. The summed E-state index contributed by atoms with van der Waals surface area (Å²) < 4.78 is 10.2. The number of aromatic nitrogens is 2. The van der Waals surface area contributed by atoms with Gasteiger partial charge in [0.1, 0.15) is 0 Å². The fourth-order valence-electron chi connectivity index (χ4n) is 2.19. The molecule has 0 aliphatic carbocycles. The molecule has 8 heteroatoms. The van der Waals surface area contributed by atoms with Gasteiger partial charge in [-0.1, -0.05) is 11.2 Å². The Hall–Kier alpha value is -1.77. The first-order valence-corrected chi connectivity index (χ1v) is 8.87. The summed E-state index contributed by atoms with van der Waals surface area (Å²) >= 11 is 1.59. The standard InChI is InChI=1S/C16H24N4O3S/c1-20(12-14(21)17-8-5-10-22-2)9-3-7-15-18-16(19-23-15)13-6-4-11-24-13/h4,6,11H,3,5,7-10,12H2,1-2H3,(H,17,21). The van der Waals surface area contributed by atoms with Crippen molar-refractivity contribution < 1.29 is 14.1 Å². The van der Waals surface area contributed by atoms with Gasteiger partial charge in [-0.2, -0.15) is 4.98 Å². The van der Waals surface area contributed by atoms with Crippen LogP contribution < -0.4 is 5.32 Å². The highest BCUT2D eigenvalue weighted by atomic mass is 32.1. The number of carbonyl (C=O) groups excluding carboxylic acids is 1. The lowest BCUT2D eigenvalue weighted by Crippen LogP contribution is -2.36. The molecule has 0 aromatic carbocycles. The van der Waals surface area contributed by atoms with Gasteiger partial charge in [0.2, 0.25) is 17.6 Å². The van der Waals surface area contributed by atoms with Gasteiger partial charge in [-0.15, -0.1) is 11.3 Å². The van der Waals surface area contributed by atoms with E-state index in [2.05, 4.69) is 15.5 Å². The summed E-state index contributed by atoms with van der Waals surface area (Å²) in [6.07, 6.45) is 2.40. The molecule has 0 atom stereocenters. The molecule has 2 heterocycles. The van der Waals surface area contributed by atoms with E-state index in [1.54, 1.807) is 18.4 Å². The Morgan fingerprint density at radius 1 is 1.46 bits per heavy atom. The van der Waals surface area contributed by atoms with Crippen LogP contribution in [0.25, 0.3) is 10.7 Å². The van der Waals surface area contributed by atoms with E-state index in [0.29, 0.717) is 37.8 Å². The van der Waals surface area contributed by atoms with Crippen molar-refractivity contribution in [3.8, 4) is 10.7 Å². The molecule has 24 heavy (non-hydrogen) atoms. The van der Waals surface area contributed by atoms with Crippen LogP contribution in [0.15, 0.2) is 22.0 Å². The summed E-state index contributed by atoms with van der Waals surface area (Å²) in [5.74, 6) is 1.31. The summed E-state index contributed by atoms with van der Waals surface area (Å²) in [5, 5.41) is 8.85. The van der Waals surface area contributed by atoms with E-state index in [0.717, 1.165) is 24.3 Å². The number of methoxy groups -OCH3 is 1. The van der Waals surface area contributed by atoms with E-state index >= 15 is 0 Å². The molecule has 0 unspecified atom stereocenters. The van der Waals surface area contributed by atoms with Crippen molar-refractivity contribution in [1.82, 2.24) is 20.4 Å². The minimum Gasteiger partial charge on any atom is -0.385 e. The summed E-state index contributed by atoms with van der Waals surface area (Å²) in [7, 11) is 3.59. The first-order chi connectivity index (χ1) is 11.7. The number of hydrogen-bond acceptors (Lipinski definition) is 7. The van der Waals surface area contributed by atoms with Gasteiger partial charge in [-0.05, 0) is 37.9 Å². The van der Waals surface area contributed by atoms with Crippen LogP contribution in [-0.2, 0) is 16.0 Å². The fourth-order valence-corrected chi connectivity index (χ4v) is 2.84. The highest BCUT2D eigenvalue weighted by molar-refractivity contribution is 7.13. The van der Waals surface area contributed by atoms with Crippen molar-refractivity contribution >= 4 is 17.2 Å². The molecular weight excluding hydrogens is 328 g/mol. The zero-order chi connectivity index (χ0) is 17.2. The van der Waals surface area contributed by atoms with Crippen LogP contribution in [-0.4, -0.2) is 61.3 Å². The predicted molar refractivity (Wildman–Crippen MR) is 92.9 cm³/mol. The van der Waals surface area contributed by atoms with Crippen molar-refractivity contribution in [2.75, 3.05) is 40.4 Å². The molecule has 7 nitrogen and oxygen atoms in total. The highest BCUT2D eigenvalue weighted by Gasteiger charge is 2.10. The van der Waals surface area contributed by atoms with E-state index in [-0.39, 0.29) is 5.91 Å². The van der Waals surface area contributed by atoms with E-state index in [9.17, 15) is 4.79 Å². The summed E-state index contributed by atoms with van der Waals surface area (Å²) in [6, 6.07) is 3.93. The molecule has 2 aromatic rings. The van der Waals surface area contributed by atoms with Crippen LogP contribution in [0.1, 0.15) is 18.7 Å². The molecule has 0 bridgehead atoms. The average Bonchev–Trinajstić information content (AvgIpc) is 3.22. The van der Waals surface area contributed by atoms with E-state index in [4.69, 9.17) is 9.26 Å². The first kappa shape index (κ1) is 18.6. The normalized spacial score (nSPS) is 11.1. The van der Waals surface area contributed by atoms with Crippen molar-refractivity contribution in [1.29, 1.82) is 0 Å². The topological polar surface area (TPSA) is 80.5 Å².